The highest BCUT2D eigenvalue weighted by atomic mass is 16.4. The topological polar surface area (TPSA) is 75.3 Å². The van der Waals surface area contributed by atoms with Gasteiger partial charge < -0.3 is 16.2 Å². The van der Waals surface area contributed by atoms with Gasteiger partial charge in [0.05, 0.1) is 0 Å². The Labute approximate surface area is 104 Å². The summed E-state index contributed by atoms with van der Waals surface area (Å²) in [5.74, 6) is -0.938. The summed E-state index contributed by atoms with van der Waals surface area (Å²) in [7, 11) is 0. The van der Waals surface area contributed by atoms with Crippen LogP contribution in [0.1, 0.15) is 47.0 Å². The van der Waals surface area contributed by atoms with E-state index in [1.54, 1.807) is 0 Å². The minimum absolute atomic E-state index is 0.312. The van der Waals surface area contributed by atoms with Crippen molar-refractivity contribution in [3.8, 4) is 0 Å². The molecule has 0 bridgehead atoms. The molecule has 1 saturated carbocycles. The first-order valence-electron chi connectivity index (χ1n) is 6.33. The fraction of sp³-hybridized carbons (Fsp3) is 0.923. The molecule has 4 heteroatoms. The number of aliphatic carboxylic acids is 1. The Morgan fingerprint density at radius 2 is 1.82 bits per heavy atom. The lowest BCUT2D eigenvalue weighted by Crippen LogP contribution is -2.49. The average Bonchev–Trinajstić information content (AvgIpc) is 2.08. The summed E-state index contributed by atoms with van der Waals surface area (Å²) >= 11 is 0. The molecule has 0 aromatic carbocycles. The van der Waals surface area contributed by atoms with Crippen LogP contribution in [0.15, 0.2) is 0 Å². The number of hydrogen-bond donors (Lipinski definition) is 3. The lowest BCUT2D eigenvalue weighted by Gasteiger charge is -2.45. The van der Waals surface area contributed by atoms with Crippen molar-refractivity contribution >= 4 is 5.97 Å². The molecule has 4 nitrogen and oxygen atoms in total. The summed E-state index contributed by atoms with van der Waals surface area (Å²) < 4.78 is 0. The summed E-state index contributed by atoms with van der Waals surface area (Å²) in [6, 6.07) is -0.428. The quantitative estimate of drug-likeness (QED) is 0.700. The maximum absolute atomic E-state index is 10.7. The van der Waals surface area contributed by atoms with E-state index in [2.05, 4.69) is 33.0 Å². The van der Waals surface area contributed by atoms with E-state index in [0.29, 0.717) is 23.4 Å². The molecule has 0 spiro atoms. The van der Waals surface area contributed by atoms with E-state index in [0.717, 1.165) is 12.8 Å². The lowest BCUT2D eigenvalue weighted by atomic mass is 9.63. The van der Waals surface area contributed by atoms with Crippen LogP contribution in [-0.4, -0.2) is 29.7 Å². The number of carbonyl (C=O) groups is 1. The molecule has 0 heterocycles. The van der Waals surface area contributed by atoms with Crippen molar-refractivity contribution < 1.29 is 9.90 Å². The first kappa shape index (κ1) is 14.5. The molecule has 0 aromatic heterocycles. The minimum Gasteiger partial charge on any atom is -0.480 e. The van der Waals surface area contributed by atoms with Gasteiger partial charge in [-0.2, -0.15) is 0 Å². The van der Waals surface area contributed by atoms with Gasteiger partial charge in [0.1, 0.15) is 6.04 Å². The summed E-state index contributed by atoms with van der Waals surface area (Å²) in [5, 5.41) is 12.1. The zero-order valence-corrected chi connectivity index (χ0v) is 11.4. The van der Waals surface area contributed by atoms with Gasteiger partial charge in [0, 0.05) is 12.6 Å². The molecule has 0 radical (unpaired) electrons. The molecule has 1 atom stereocenters. The van der Waals surface area contributed by atoms with Crippen LogP contribution in [0.2, 0.25) is 0 Å². The molecule has 1 unspecified atom stereocenters. The fourth-order valence-electron chi connectivity index (χ4n) is 3.37. The average molecular weight is 242 g/mol. The van der Waals surface area contributed by atoms with E-state index < -0.39 is 12.0 Å². The number of nitrogens with two attached hydrogens (primary N) is 1. The van der Waals surface area contributed by atoms with Gasteiger partial charge in [-0.1, -0.05) is 27.7 Å². The van der Waals surface area contributed by atoms with E-state index in [4.69, 9.17) is 10.8 Å². The molecule has 1 fully saturated rings. The zero-order chi connectivity index (χ0) is 13.3. The van der Waals surface area contributed by atoms with Crippen molar-refractivity contribution in [2.75, 3.05) is 6.54 Å². The normalized spacial score (nSPS) is 25.5. The van der Waals surface area contributed by atoms with Crippen LogP contribution >= 0.6 is 0 Å². The largest absolute Gasteiger partial charge is 0.480 e. The van der Waals surface area contributed by atoms with Crippen molar-refractivity contribution in [2.45, 2.75) is 59.0 Å². The summed E-state index contributed by atoms with van der Waals surface area (Å²) in [6.07, 6.45) is 3.38. The number of carboxylic acid groups (broad SMARTS) is 1. The Hall–Kier alpha value is -0.610. The van der Waals surface area contributed by atoms with Crippen molar-refractivity contribution in [1.82, 2.24) is 5.32 Å². The number of rotatable bonds is 4. The molecule has 4 N–H and O–H groups in total. The standard InChI is InChI=1S/C13H26N2O2/c1-12(2)5-9(6-13(3,4)8-12)15-7-10(14)11(16)17/h9-10,15H,5-8,14H2,1-4H3,(H,16,17). The van der Waals surface area contributed by atoms with E-state index in [-0.39, 0.29) is 0 Å². The number of nitrogens with one attached hydrogen (secondary N) is 1. The second-order valence-electron chi connectivity index (χ2n) is 6.96. The lowest BCUT2D eigenvalue weighted by molar-refractivity contribution is -0.138. The highest BCUT2D eigenvalue weighted by Crippen LogP contribution is 2.45. The van der Waals surface area contributed by atoms with Crippen LogP contribution < -0.4 is 11.1 Å². The number of hydrogen-bond acceptors (Lipinski definition) is 3. The minimum atomic E-state index is -0.938. The first-order chi connectivity index (χ1) is 7.61. The molecule has 0 aliphatic heterocycles. The molecule has 0 aromatic rings. The second kappa shape index (κ2) is 4.94. The Kier molecular flexibility index (Phi) is 4.20. The van der Waals surface area contributed by atoms with Gasteiger partial charge in [0.25, 0.3) is 0 Å². The van der Waals surface area contributed by atoms with Crippen LogP contribution in [-0.2, 0) is 4.79 Å². The van der Waals surface area contributed by atoms with E-state index >= 15 is 0 Å². The van der Waals surface area contributed by atoms with Crippen molar-refractivity contribution in [3.05, 3.63) is 0 Å². The van der Waals surface area contributed by atoms with E-state index in [9.17, 15) is 4.79 Å². The van der Waals surface area contributed by atoms with Crippen LogP contribution in [0, 0.1) is 10.8 Å². The predicted molar refractivity (Wildman–Crippen MR) is 68.8 cm³/mol. The van der Waals surface area contributed by atoms with Gasteiger partial charge in [-0.15, -0.1) is 0 Å². The SMILES string of the molecule is CC1(C)CC(NCC(N)C(=O)O)CC(C)(C)C1. The van der Waals surface area contributed by atoms with Crippen molar-refractivity contribution in [2.24, 2.45) is 16.6 Å². The monoisotopic (exact) mass is 242 g/mol. The summed E-state index contributed by atoms with van der Waals surface area (Å²) in [5.41, 5.74) is 6.13. The highest BCUT2D eigenvalue weighted by molar-refractivity contribution is 5.73. The van der Waals surface area contributed by atoms with Crippen LogP contribution in [0.4, 0.5) is 0 Å². The molecular weight excluding hydrogens is 216 g/mol. The Morgan fingerprint density at radius 1 is 1.35 bits per heavy atom. The molecule has 1 aliphatic carbocycles. The van der Waals surface area contributed by atoms with Gasteiger partial charge in [0.2, 0.25) is 0 Å². The molecule has 1 rings (SSSR count). The van der Waals surface area contributed by atoms with Gasteiger partial charge in [-0.25, -0.2) is 0 Å². The second-order valence-corrected chi connectivity index (χ2v) is 6.96. The molecule has 1 aliphatic rings. The number of carboxylic acids is 1. The predicted octanol–water partition coefficient (Wildman–Crippen LogP) is 1.59. The smallest absolute Gasteiger partial charge is 0.321 e. The third kappa shape index (κ3) is 4.64. The van der Waals surface area contributed by atoms with Crippen molar-refractivity contribution in [1.29, 1.82) is 0 Å². The van der Waals surface area contributed by atoms with E-state index in [1.165, 1.54) is 6.42 Å². The van der Waals surface area contributed by atoms with Crippen LogP contribution in [0.5, 0.6) is 0 Å². The Balaban J connectivity index is 2.51. The first-order valence-corrected chi connectivity index (χ1v) is 6.33. The van der Waals surface area contributed by atoms with Crippen LogP contribution in [0.3, 0.4) is 0 Å². The van der Waals surface area contributed by atoms with Gasteiger partial charge >= 0.3 is 5.97 Å². The van der Waals surface area contributed by atoms with Gasteiger partial charge in [-0.05, 0) is 30.1 Å². The maximum Gasteiger partial charge on any atom is 0.321 e. The van der Waals surface area contributed by atoms with Crippen molar-refractivity contribution in [3.63, 3.8) is 0 Å². The fourth-order valence-corrected chi connectivity index (χ4v) is 3.37. The van der Waals surface area contributed by atoms with E-state index in [1.807, 2.05) is 0 Å². The Morgan fingerprint density at radius 3 is 2.24 bits per heavy atom. The summed E-state index contributed by atoms with van der Waals surface area (Å²) in [6.45, 7) is 9.46. The molecule has 17 heavy (non-hydrogen) atoms. The third-order valence-corrected chi connectivity index (χ3v) is 3.50. The zero-order valence-electron chi connectivity index (χ0n) is 11.4. The molecule has 100 valence electrons. The highest BCUT2D eigenvalue weighted by Gasteiger charge is 2.38. The third-order valence-electron chi connectivity index (χ3n) is 3.50. The molecular formula is C13H26N2O2. The molecule has 0 saturated heterocycles. The Bertz CT molecular complexity index is 271. The maximum atomic E-state index is 10.7. The summed E-state index contributed by atoms with van der Waals surface area (Å²) in [4.78, 5) is 10.7. The molecule has 0 amide bonds. The van der Waals surface area contributed by atoms with Gasteiger partial charge in [-0.3, -0.25) is 4.79 Å². The van der Waals surface area contributed by atoms with Crippen LogP contribution in [0.25, 0.3) is 0 Å². The van der Waals surface area contributed by atoms with Gasteiger partial charge in [0.15, 0.2) is 0 Å².